The molecule has 114 valence electrons. The third-order valence-electron chi connectivity index (χ3n) is 4.12. The van der Waals surface area contributed by atoms with Gasteiger partial charge in [0.2, 0.25) is 0 Å². The molecule has 22 heavy (non-hydrogen) atoms. The monoisotopic (exact) mass is 297 g/mol. The Morgan fingerprint density at radius 3 is 2.86 bits per heavy atom. The lowest BCUT2D eigenvalue weighted by Crippen LogP contribution is -2.23. The molecule has 1 aliphatic heterocycles. The molecular formula is C16H19N5O. The number of nitrogens with zero attached hydrogens (tertiary/aromatic N) is 5. The molecule has 0 bridgehead atoms. The molecule has 4 heterocycles. The van der Waals surface area contributed by atoms with E-state index in [1.807, 2.05) is 24.5 Å². The number of furan rings is 1. The van der Waals surface area contributed by atoms with Crippen molar-refractivity contribution in [2.24, 2.45) is 0 Å². The van der Waals surface area contributed by atoms with Gasteiger partial charge in [-0.2, -0.15) is 0 Å². The lowest BCUT2D eigenvalue weighted by atomic mass is 10.2. The number of aromatic nitrogens is 4. The summed E-state index contributed by atoms with van der Waals surface area (Å²) in [4.78, 5) is 2.44. The van der Waals surface area contributed by atoms with E-state index in [1.54, 1.807) is 6.26 Å². The van der Waals surface area contributed by atoms with Crippen molar-refractivity contribution in [2.45, 2.75) is 32.6 Å². The van der Waals surface area contributed by atoms with Crippen LogP contribution in [0.2, 0.25) is 0 Å². The molecule has 0 aliphatic carbocycles. The van der Waals surface area contributed by atoms with Crippen molar-refractivity contribution in [3.63, 3.8) is 0 Å². The van der Waals surface area contributed by atoms with E-state index in [-0.39, 0.29) is 0 Å². The SMILES string of the molecule is c1ccn(Cc2nnn3c2CN(Cc2ccoc2)CCC3)c1. The van der Waals surface area contributed by atoms with Gasteiger partial charge in [-0.1, -0.05) is 5.21 Å². The van der Waals surface area contributed by atoms with Crippen molar-refractivity contribution in [3.05, 3.63) is 60.1 Å². The topological polar surface area (TPSA) is 52.0 Å². The van der Waals surface area contributed by atoms with Crippen molar-refractivity contribution in [1.82, 2.24) is 24.5 Å². The van der Waals surface area contributed by atoms with Crippen LogP contribution < -0.4 is 0 Å². The van der Waals surface area contributed by atoms with Crippen LogP contribution >= 0.6 is 0 Å². The number of aryl methyl sites for hydroxylation is 1. The maximum atomic E-state index is 5.18. The molecule has 0 saturated carbocycles. The summed E-state index contributed by atoms with van der Waals surface area (Å²) in [6.45, 7) is 4.58. The maximum absolute atomic E-state index is 5.18. The Hall–Kier alpha value is -2.34. The van der Waals surface area contributed by atoms with Gasteiger partial charge in [0, 0.05) is 44.1 Å². The third-order valence-corrected chi connectivity index (χ3v) is 4.12. The second-order valence-electron chi connectivity index (χ2n) is 5.76. The largest absolute Gasteiger partial charge is 0.472 e. The first-order valence-corrected chi connectivity index (χ1v) is 7.64. The van der Waals surface area contributed by atoms with E-state index in [9.17, 15) is 0 Å². The minimum Gasteiger partial charge on any atom is -0.472 e. The Morgan fingerprint density at radius 1 is 1.14 bits per heavy atom. The predicted octanol–water partition coefficient (Wildman–Crippen LogP) is 2.13. The lowest BCUT2D eigenvalue weighted by Gasteiger charge is -2.18. The fraction of sp³-hybridized carbons (Fsp3) is 0.375. The van der Waals surface area contributed by atoms with Crippen LogP contribution in [0.3, 0.4) is 0 Å². The summed E-state index contributed by atoms with van der Waals surface area (Å²) < 4.78 is 9.37. The molecule has 6 nitrogen and oxygen atoms in total. The van der Waals surface area contributed by atoms with E-state index in [0.29, 0.717) is 0 Å². The van der Waals surface area contributed by atoms with Crippen molar-refractivity contribution in [3.8, 4) is 0 Å². The first-order chi connectivity index (χ1) is 10.9. The highest BCUT2D eigenvalue weighted by molar-refractivity contribution is 5.13. The highest BCUT2D eigenvalue weighted by atomic mass is 16.3. The average Bonchev–Trinajstić information content (AvgIpc) is 3.24. The summed E-state index contributed by atoms with van der Waals surface area (Å²) in [5.41, 5.74) is 3.51. The van der Waals surface area contributed by atoms with Crippen LogP contribution in [0.4, 0.5) is 0 Å². The van der Waals surface area contributed by atoms with Gasteiger partial charge in [0.1, 0.15) is 5.69 Å². The van der Waals surface area contributed by atoms with Crippen LogP contribution in [0.1, 0.15) is 23.4 Å². The van der Waals surface area contributed by atoms with Crippen LogP contribution in [0, 0.1) is 0 Å². The second kappa shape index (κ2) is 5.81. The van der Waals surface area contributed by atoms with Gasteiger partial charge in [-0.25, -0.2) is 4.68 Å². The van der Waals surface area contributed by atoms with Gasteiger partial charge in [-0.15, -0.1) is 5.10 Å². The molecule has 0 unspecified atom stereocenters. The minimum atomic E-state index is 0.780. The van der Waals surface area contributed by atoms with Crippen LogP contribution in [0.5, 0.6) is 0 Å². The van der Waals surface area contributed by atoms with E-state index in [1.165, 1.54) is 11.3 Å². The van der Waals surface area contributed by atoms with Gasteiger partial charge in [0.05, 0.1) is 24.8 Å². The molecular weight excluding hydrogens is 278 g/mol. The quantitative estimate of drug-likeness (QED) is 0.740. The molecule has 3 aromatic rings. The molecule has 4 rings (SSSR count). The molecule has 0 atom stereocenters. The summed E-state index contributed by atoms with van der Waals surface area (Å²) in [6.07, 6.45) is 8.77. The van der Waals surface area contributed by atoms with Gasteiger partial charge in [0.25, 0.3) is 0 Å². The Balaban J connectivity index is 1.55. The van der Waals surface area contributed by atoms with Gasteiger partial charge in [-0.3, -0.25) is 4.90 Å². The number of rotatable bonds is 4. The number of hydrogen-bond acceptors (Lipinski definition) is 4. The molecule has 0 fully saturated rings. The highest BCUT2D eigenvalue weighted by Crippen LogP contribution is 2.18. The van der Waals surface area contributed by atoms with Crippen LogP contribution in [0.25, 0.3) is 0 Å². The fourth-order valence-corrected chi connectivity index (χ4v) is 3.00. The predicted molar refractivity (Wildman–Crippen MR) is 81.0 cm³/mol. The van der Waals surface area contributed by atoms with Gasteiger partial charge < -0.3 is 8.98 Å². The standard InChI is InChI=1S/C16H19N5O/c1-2-6-19(5-1)11-15-16-12-20(10-14-4-9-22-13-14)7-3-8-21(16)18-17-15/h1-2,4-6,9,13H,3,7-8,10-12H2. The smallest absolute Gasteiger partial charge is 0.107 e. The number of fused-ring (bicyclic) bond motifs is 1. The second-order valence-corrected chi connectivity index (χ2v) is 5.76. The zero-order chi connectivity index (χ0) is 14.8. The third kappa shape index (κ3) is 2.69. The number of hydrogen-bond donors (Lipinski definition) is 0. The zero-order valence-electron chi connectivity index (χ0n) is 12.4. The minimum absolute atomic E-state index is 0.780. The van der Waals surface area contributed by atoms with Crippen LogP contribution in [0.15, 0.2) is 47.5 Å². The molecule has 0 radical (unpaired) electrons. The Kier molecular flexibility index (Phi) is 3.52. The van der Waals surface area contributed by atoms with Crippen molar-refractivity contribution in [1.29, 1.82) is 0 Å². The van der Waals surface area contributed by atoms with Gasteiger partial charge in [-0.05, 0) is 24.6 Å². The zero-order valence-corrected chi connectivity index (χ0v) is 12.4. The van der Waals surface area contributed by atoms with Gasteiger partial charge >= 0.3 is 0 Å². The highest BCUT2D eigenvalue weighted by Gasteiger charge is 2.20. The average molecular weight is 297 g/mol. The normalized spacial score (nSPS) is 15.6. The summed E-state index contributed by atoms with van der Waals surface area (Å²) in [5.74, 6) is 0. The Bertz CT molecular complexity index is 714. The summed E-state index contributed by atoms with van der Waals surface area (Å²) in [7, 11) is 0. The first-order valence-electron chi connectivity index (χ1n) is 7.64. The molecule has 3 aromatic heterocycles. The molecule has 0 saturated heterocycles. The Labute approximate surface area is 128 Å². The molecule has 0 amide bonds. The van der Waals surface area contributed by atoms with E-state index in [0.717, 1.165) is 44.8 Å². The van der Waals surface area contributed by atoms with Gasteiger partial charge in [0.15, 0.2) is 0 Å². The molecule has 0 aromatic carbocycles. The van der Waals surface area contributed by atoms with Crippen molar-refractivity contribution in [2.75, 3.05) is 6.54 Å². The maximum Gasteiger partial charge on any atom is 0.107 e. The Morgan fingerprint density at radius 2 is 2.05 bits per heavy atom. The summed E-state index contributed by atoms with van der Waals surface area (Å²) in [6, 6.07) is 6.10. The molecule has 1 aliphatic rings. The summed E-state index contributed by atoms with van der Waals surface area (Å²) >= 11 is 0. The van der Waals surface area contributed by atoms with E-state index in [4.69, 9.17) is 4.42 Å². The molecule has 0 N–H and O–H groups in total. The molecule has 0 spiro atoms. The van der Waals surface area contributed by atoms with E-state index < -0.39 is 0 Å². The van der Waals surface area contributed by atoms with E-state index in [2.05, 4.69) is 36.9 Å². The molecule has 6 heteroatoms. The van der Waals surface area contributed by atoms with Crippen molar-refractivity contribution < 1.29 is 4.42 Å². The first kappa shape index (κ1) is 13.3. The fourth-order valence-electron chi connectivity index (χ4n) is 3.00. The van der Waals surface area contributed by atoms with Crippen molar-refractivity contribution >= 4 is 0 Å². The van der Waals surface area contributed by atoms with E-state index >= 15 is 0 Å². The summed E-state index contributed by atoms with van der Waals surface area (Å²) in [5, 5.41) is 8.73. The lowest BCUT2D eigenvalue weighted by molar-refractivity contribution is 0.259. The van der Waals surface area contributed by atoms with Crippen LogP contribution in [-0.4, -0.2) is 31.0 Å². The van der Waals surface area contributed by atoms with Crippen LogP contribution in [-0.2, 0) is 26.2 Å².